The van der Waals surface area contributed by atoms with E-state index >= 15 is 0 Å². The van der Waals surface area contributed by atoms with E-state index in [1.807, 2.05) is 19.9 Å². The molecule has 4 aliphatic rings. The summed E-state index contributed by atoms with van der Waals surface area (Å²) in [4.78, 5) is 37.6. The average molecular weight is 479 g/mol. The average Bonchev–Trinajstić information content (AvgIpc) is 3.05. The third-order valence-electron chi connectivity index (χ3n) is 10.0. The van der Waals surface area contributed by atoms with Gasteiger partial charge in [0.25, 0.3) is 0 Å². The minimum atomic E-state index is -1.79. The Bertz CT molecular complexity index is 1180. The highest BCUT2D eigenvalue weighted by Gasteiger charge is 2.68. The second-order valence-corrected chi connectivity index (χ2v) is 11.6. The monoisotopic (exact) mass is 478 g/mol. The van der Waals surface area contributed by atoms with Gasteiger partial charge in [-0.3, -0.25) is 9.59 Å². The van der Waals surface area contributed by atoms with Crippen LogP contribution in [0, 0.1) is 28.6 Å². The van der Waals surface area contributed by atoms with E-state index in [2.05, 4.69) is 13.0 Å². The van der Waals surface area contributed by atoms with Gasteiger partial charge in [0.1, 0.15) is 11.7 Å². The van der Waals surface area contributed by atoms with E-state index in [9.17, 15) is 29.7 Å². The first-order chi connectivity index (χ1) is 16.4. The first kappa shape index (κ1) is 24.1. The van der Waals surface area contributed by atoms with Gasteiger partial charge in [-0.15, -0.1) is 0 Å². The number of carbonyl (C=O) groups excluding carboxylic acids is 2. The molecule has 0 spiro atoms. The molecule has 0 saturated heterocycles. The molecule has 2 saturated carbocycles. The summed E-state index contributed by atoms with van der Waals surface area (Å²) in [5, 5.41) is 32.8. The first-order valence-electron chi connectivity index (χ1n) is 12.7. The summed E-state index contributed by atoms with van der Waals surface area (Å²) in [5.74, 6) is -1.87. The minimum Gasteiger partial charge on any atom is -0.478 e. The van der Waals surface area contributed by atoms with Crippen molar-refractivity contribution in [1.29, 1.82) is 0 Å². The van der Waals surface area contributed by atoms with E-state index in [0.29, 0.717) is 19.3 Å². The van der Waals surface area contributed by atoms with E-state index in [4.69, 9.17) is 0 Å². The number of ketones is 2. The van der Waals surface area contributed by atoms with Crippen LogP contribution in [0.5, 0.6) is 0 Å². The molecule has 186 valence electrons. The Hall–Kier alpha value is -2.57. The predicted molar refractivity (Wildman–Crippen MR) is 130 cm³/mol. The molecule has 7 atom stereocenters. The van der Waals surface area contributed by atoms with E-state index < -0.39 is 28.9 Å². The van der Waals surface area contributed by atoms with Crippen molar-refractivity contribution in [3.8, 4) is 0 Å². The van der Waals surface area contributed by atoms with Crippen molar-refractivity contribution in [2.45, 2.75) is 71.0 Å². The summed E-state index contributed by atoms with van der Waals surface area (Å²) < 4.78 is 0. The zero-order valence-electron chi connectivity index (χ0n) is 20.6. The first-order valence-corrected chi connectivity index (χ1v) is 12.7. The summed E-state index contributed by atoms with van der Waals surface area (Å²) in [6, 6.07) is 5.93. The number of benzene rings is 1. The summed E-state index contributed by atoms with van der Waals surface area (Å²) in [7, 11) is 0. The maximum absolute atomic E-state index is 13.8. The third-order valence-corrected chi connectivity index (χ3v) is 10.0. The molecule has 4 aliphatic carbocycles. The smallest absolute Gasteiger partial charge is 0.336 e. The lowest BCUT2D eigenvalue weighted by atomic mass is 9.50. The fraction of sp³-hybridized carbons (Fsp3) is 0.552. The molecule has 1 unspecified atom stereocenters. The normalized spacial score (nSPS) is 39.0. The topological polar surface area (TPSA) is 112 Å². The summed E-state index contributed by atoms with van der Waals surface area (Å²) in [5.41, 5.74) is -0.295. The Morgan fingerprint density at radius 3 is 2.57 bits per heavy atom. The number of carboxylic acids is 1. The van der Waals surface area contributed by atoms with Crippen molar-refractivity contribution in [2.24, 2.45) is 28.6 Å². The molecule has 0 bridgehead atoms. The van der Waals surface area contributed by atoms with Gasteiger partial charge in [-0.05, 0) is 62.0 Å². The van der Waals surface area contributed by atoms with Crippen LogP contribution < -0.4 is 0 Å². The van der Waals surface area contributed by atoms with Crippen molar-refractivity contribution in [1.82, 2.24) is 0 Å². The van der Waals surface area contributed by atoms with Gasteiger partial charge in [-0.1, -0.05) is 56.2 Å². The lowest BCUT2D eigenvalue weighted by Gasteiger charge is -2.54. The second kappa shape index (κ2) is 7.97. The molecular weight excluding hydrogens is 444 g/mol. The number of Topliss-reactive ketones (excluding diaryl/α,β-unsaturated/α-hetero) is 1. The summed E-state index contributed by atoms with van der Waals surface area (Å²) in [6.45, 7) is 6.06. The van der Waals surface area contributed by atoms with Crippen LogP contribution in [0.25, 0.3) is 0 Å². The van der Waals surface area contributed by atoms with E-state index in [1.54, 1.807) is 12.1 Å². The number of carboxylic acid groups (broad SMARTS) is 1. The van der Waals surface area contributed by atoms with Crippen LogP contribution in [0.2, 0.25) is 0 Å². The van der Waals surface area contributed by atoms with E-state index in [1.165, 1.54) is 23.3 Å². The molecule has 35 heavy (non-hydrogen) atoms. The number of hydrogen-bond acceptors (Lipinski definition) is 5. The molecule has 1 aromatic carbocycles. The van der Waals surface area contributed by atoms with Crippen molar-refractivity contribution in [3.05, 3.63) is 58.7 Å². The number of carbonyl (C=O) groups is 3. The van der Waals surface area contributed by atoms with Crippen LogP contribution in [0.3, 0.4) is 0 Å². The fourth-order valence-corrected chi connectivity index (χ4v) is 8.01. The van der Waals surface area contributed by atoms with Gasteiger partial charge in [-0.2, -0.15) is 0 Å². The number of fused-ring (bicyclic) bond motifs is 5. The number of hydrogen-bond donors (Lipinski definition) is 3. The molecule has 1 aromatic rings. The fourth-order valence-electron chi connectivity index (χ4n) is 8.01. The molecule has 0 amide bonds. The molecule has 0 heterocycles. The lowest BCUT2D eigenvalue weighted by Crippen LogP contribution is -2.58. The predicted octanol–water partition coefficient (Wildman–Crippen LogP) is 4.42. The van der Waals surface area contributed by atoms with Crippen LogP contribution in [0.1, 0.15) is 81.3 Å². The van der Waals surface area contributed by atoms with E-state index in [-0.39, 0.29) is 40.1 Å². The van der Waals surface area contributed by atoms with Crippen LogP contribution in [0.15, 0.2) is 47.6 Å². The molecular formula is C29H34O6. The SMILES string of the molecule is C[C@H]1C[C@H]2[C@@H]3CCC4=CC(=O)CC[C@]4(C)C3=CC[C@]2(C)[C@@]1(O)C(=O)C(O)c1ccccc1C(=O)O. The molecule has 2 fully saturated rings. The van der Waals surface area contributed by atoms with Crippen LogP contribution in [0.4, 0.5) is 0 Å². The Labute approximate surface area is 205 Å². The summed E-state index contributed by atoms with van der Waals surface area (Å²) >= 11 is 0. The molecule has 0 radical (unpaired) electrons. The Morgan fingerprint density at radius 1 is 1.14 bits per heavy atom. The Balaban J connectivity index is 1.53. The van der Waals surface area contributed by atoms with Crippen molar-refractivity contribution < 1.29 is 29.7 Å². The summed E-state index contributed by atoms with van der Waals surface area (Å²) in [6.07, 6.45) is 6.52. The molecule has 6 nitrogen and oxygen atoms in total. The van der Waals surface area contributed by atoms with Crippen molar-refractivity contribution in [3.63, 3.8) is 0 Å². The van der Waals surface area contributed by atoms with Crippen molar-refractivity contribution >= 4 is 17.5 Å². The Kier molecular flexibility index (Phi) is 5.50. The standard InChI is InChI=1S/C29H34O6/c1-16-14-23-21-9-8-17-15-18(30)10-12-27(17,2)22(21)11-13-28(23,3)29(16,35)25(32)24(31)19-6-4-5-7-20(19)26(33)34/h4-7,11,15-16,21,23-24,31,35H,8-10,12-14H2,1-3H3,(H,33,34)/t16-,21+,23-,24?,27-,28-,29-/m0/s1. The minimum absolute atomic E-state index is 0.0107. The number of aromatic carboxylic acids is 1. The van der Waals surface area contributed by atoms with Gasteiger partial charge < -0.3 is 15.3 Å². The molecule has 0 aromatic heterocycles. The van der Waals surface area contributed by atoms with Gasteiger partial charge in [0.15, 0.2) is 11.6 Å². The van der Waals surface area contributed by atoms with Crippen molar-refractivity contribution in [2.75, 3.05) is 0 Å². The second-order valence-electron chi connectivity index (χ2n) is 11.6. The Morgan fingerprint density at radius 2 is 1.86 bits per heavy atom. The number of rotatable bonds is 4. The maximum atomic E-state index is 13.8. The van der Waals surface area contributed by atoms with Gasteiger partial charge >= 0.3 is 5.97 Å². The number of aliphatic hydroxyl groups excluding tert-OH is 1. The van der Waals surface area contributed by atoms with Gasteiger partial charge in [0, 0.05) is 22.8 Å². The molecule has 6 heteroatoms. The largest absolute Gasteiger partial charge is 0.478 e. The highest BCUT2D eigenvalue weighted by atomic mass is 16.4. The van der Waals surface area contributed by atoms with E-state index in [0.717, 1.165) is 19.3 Å². The molecule has 5 rings (SSSR count). The maximum Gasteiger partial charge on any atom is 0.336 e. The highest BCUT2D eigenvalue weighted by Crippen LogP contribution is 2.67. The van der Waals surface area contributed by atoms with Crippen LogP contribution in [-0.2, 0) is 9.59 Å². The van der Waals surface area contributed by atoms with Crippen LogP contribution >= 0.6 is 0 Å². The van der Waals surface area contributed by atoms with Gasteiger partial charge in [0.05, 0.1) is 5.56 Å². The zero-order chi connectivity index (χ0) is 25.3. The molecule has 0 aliphatic heterocycles. The quantitative estimate of drug-likeness (QED) is 0.553. The number of allylic oxidation sites excluding steroid dienone is 4. The highest BCUT2D eigenvalue weighted by molar-refractivity contribution is 5.97. The third kappa shape index (κ3) is 3.19. The lowest BCUT2D eigenvalue weighted by molar-refractivity contribution is -0.167. The van der Waals surface area contributed by atoms with Crippen LogP contribution in [-0.4, -0.2) is 38.5 Å². The zero-order valence-corrected chi connectivity index (χ0v) is 20.6. The van der Waals surface area contributed by atoms with Gasteiger partial charge in [0.2, 0.25) is 0 Å². The molecule has 3 N–H and O–H groups in total. The van der Waals surface area contributed by atoms with Gasteiger partial charge in [-0.25, -0.2) is 4.79 Å². The number of aliphatic hydroxyl groups is 2.